The second-order valence-corrected chi connectivity index (χ2v) is 2.82. The van der Waals surface area contributed by atoms with Crippen molar-refractivity contribution in [3.05, 3.63) is 34.4 Å². The lowest BCUT2D eigenvalue weighted by molar-refractivity contribution is -0.384. The van der Waals surface area contributed by atoms with Crippen LogP contribution in [0.25, 0.3) is 0 Å². The zero-order valence-corrected chi connectivity index (χ0v) is 7.88. The summed E-state index contributed by atoms with van der Waals surface area (Å²) in [6, 6.07) is 5.61. The highest BCUT2D eigenvalue weighted by molar-refractivity contribution is 5.73. The summed E-state index contributed by atoms with van der Waals surface area (Å²) in [5.41, 5.74) is 4.91. The number of hydrogen-bond acceptors (Lipinski definition) is 4. The fourth-order valence-electron chi connectivity index (χ4n) is 0.934. The Morgan fingerprint density at radius 2 is 2.00 bits per heavy atom. The third-order valence-corrected chi connectivity index (χ3v) is 1.66. The maximum absolute atomic E-state index is 10.4. The highest BCUT2D eigenvalue weighted by Gasteiger charge is 2.04. The van der Waals surface area contributed by atoms with E-state index >= 15 is 0 Å². The molecule has 1 rings (SSSR count). The van der Waals surface area contributed by atoms with Crippen LogP contribution >= 0.6 is 0 Å². The summed E-state index contributed by atoms with van der Waals surface area (Å²) in [5.74, 6) is 0.0266. The number of nitrogens with two attached hydrogens (primary N) is 1. The molecule has 0 aromatic heterocycles. The highest BCUT2D eigenvalue weighted by atomic mass is 16.6. The van der Waals surface area contributed by atoms with Crippen molar-refractivity contribution in [1.82, 2.24) is 0 Å². The summed E-state index contributed by atoms with van der Waals surface area (Å²) in [6.45, 7) is 0.174. The topological polar surface area (TPSA) is 95.5 Å². The number of amides is 1. The number of nitro groups is 1. The minimum atomic E-state index is -0.493. The third kappa shape index (κ3) is 3.63. The number of ether oxygens (including phenoxy) is 1. The smallest absolute Gasteiger partial charge is 0.269 e. The molecule has 0 fully saturated rings. The fourth-order valence-corrected chi connectivity index (χ4v) is 0.934. The van der Waals surface area contributed by atoms with Gasteiger partial charge >= 0.3 is 0 Å². The van der Waals surface area contributed by atoms with E-state index in [1.165, 1.54) is 24.3 Å². The molecule has 0 radical (unpaired) electrons. The lowest BCUT2D eigenvalue weighted by atomic mass is 10.3. The molecule has 1 aromatic rings. The van der Waals surface area contributed by atoms with Gasteiger partial charge in [-0.1, -0.05) is 0 Å². The molecule has 0 spiro atoms. The van der Waals surface area contributed by atoms with Gasteiger partial charge in [0.25, 0.3) is 5.69 Å². The zero-order chi connectivity index (χ0) is 11.3. The molecule has 0 aliphatic carbocycles. The molecule has 6 heteroatoms. The van der Waals surface area contributed by atoms with Crippen molar-refractivity contribution in [2.75, 3.05) is 6.61 Å². The number of carbonyl (C=O) groups excluding carboxylic acids is 1. The van der Waals surface area contributed by atoms with Crippen LogP contribution in [0.4, 0.5) is 5.69 Å². The van der Waals surface area contributed by atoms with E-state index in [-0.39, 0.29) is 18.7 Å². The number of hydrogen-bond donors (Lipinski definition) is 1. The molecule has 1 aromatic carbocycles. The molecule has 0 aliphatic rings. The molecular formula is C9H10N2O4. The molecule has 2 N–H and O–H groups in total. The van der Waals surface area contributed by atoms with Crippen LogP contribution in [0.5, 0.6) is 5.75 Å². The fraction of sp³-hybridized carbons (Fsp3) is 0.222. The van der Waals surface area contributed by atoms with Crippen molar-refractivity contribution in [2.45, 2.75) is 6.42 Å². The van der Waals surface area contributed by atoms with E-state index in [1.807, 2.05) is 0 Å². The average molecular weight is 210 g/mol. The molecule has 0 saturated heterocycles. The summed E-state index contributed by atoms with van der Waals surface area (Å²) < 4.78 is 5.13. The van der Waals surface area contributed by atoms with Gasteiger partial charge in [0.05, 0.1) is 18.0 Å². The van der Waals surface area contributed by atoms with E-state index < -0.39 is 10.8 Å². The summed E-state index contributed by atoms with van der Waals surface area (Å²) in [7, 11) is 0. The van der Waals surface area contributed by atoms with E-state index in [4.69, 9.17) is 10.5 Å². The van der Waals surface area contributed by atoms with Gasteiger partial charge < -0.3 is 10.5 Å². The minimum Gasteiger partial charge on any atom is -0.493 e. The number of nitro benzene ring substituents is 1. The summed E-state index contributed by atoms with van der Waals surface area (Å²) in [4.78, 5) is 20.2. The second kappa shape index (κ2) is 4.94. The standard InChI is InChI=1S/C9H10N2O4/c10-9(12)5-6-15-8-3-1-7(2-4-8)11(13)14/h1-4H,5-6H2,(H2,10,12). The van der Waals surface area contributed by atoms with Gasteiger partial charge in [-0.25, -0.2) is 0 Å². The first kappa shape index (κ1) is 11.0. The predicted molar refractivity (Wildman–Crippen MR) is 52.4 cm³/mol. The Morgan fingerprint density at radius 1 is 1.40 bits per heavy atom. The molecule has 15 heavy (non-hydrogen) atoms. The molecule has 6 nitrogen and oxygen atoms in total. The van der Waals surface area contributed by atoms with Gasteiger partial charge in [0.1, 0.15) is 5.75 Å². The Labute approximate surface area is 85.8 Å². The molecule has 80 valence electrons. The van der Waals surface area contributed by atoms with E-state index in [2.05, 4.69) is 0 Å². The first-order chi connectivity index (χ1) is 7.09. The van der Waals surface area contributed by atoms with Crippen LogP contribution in [0.1, 0.15) is 6.42 Å². The van der Waals surface area contributed by atoms with Crippen LogP contribution in [-0.4, -0.2) is 17.4 Å². The van der Waals surface area contributed by atoms with Gasteiger partial charge in [-0.05, 0) is 12.1 Å². The minimum absolute atomic E-state index is 0.00255. The van der Waals surface area contributed by atoms with Crippen molar-refractivity contribution in [3.8, 4) is 5.75 Å². The number of primary amides is 1. The molecular weight excluding hydrogens is 200 g/mol. The Bertz CT molecular complexity index is 361. The van der Waals surface area contributed by atoms with Crippen molar-refractivity contribution in [3.63, 3.8) is 0 Å². The zero-order valence-electron chi connectivity index (χ0n) is 7.88. The maximum atomic E-state index is 10.4. The Balaban J connectivity index is 2.50. The van der Waals surface area contributed by atoms with Crippen molar-refractivity contribution < 1.29 is 14.5 Å². The molecule has 0 heterocycles. The predicted octanol–water partition coefficient (Wildman–Crippen LogP) is 0.849. The molecule has 0 bridgehead atoms. The molecule has 0 unspecified atom stereocenters. The average Bonchev–Trinajstić information content (AvgIpc) is 2.18. The normalized spacial score (nSPS) is 9.60. The molecule has 0 atom stereocenters. The van der Waals surface area contributed by atoms with Crippen LogP contribution in [0.15, 0.2) is 24.3 Å². The van der Waals surface area contributed by atoms with Crippen LogP contribution < -0.4 is 10.5 Å². The van der Waals surface area contributed by atoms with Crippen LogP contribution in [-0.2, 0) is 4.79 Å². The van der Waals surface area contributed by atoms with E-state index in [1.54, 1.807) is 0 Å². The van der Waals surface area contributed by atoms with E-state index in [9.17, 15) is 14.9 Å². The number of rotatable bonds is 5. The third-order valence-electron chi connectivity index (χ3n) is 1.66. The van der Waals surface area contributed by atoms with Gasteiger partial charge in [-0.15, -0.1) is 0 Å². The first-order valence-corrected chi connectivity index (χ1v) is 4.25. The molecule has 1 amide bonds. The van der Waals surface area contributed by atoms with E-state index in [0.717, 1.165) is 0 Å². The number of nitrogens with zero attached hydrogens (tertiary/aromatic N) is 1. The SMILES string of the molecule is NC(=O)CCOc1ccc([N+](=O)[O-])cc1. The lowest BCUT2D eigenvalue weighted by Gasteiger charge is -2.03. The van der Waals surface area contributed by atoms with Gasteiger partial charge in [0, 0.05) is 12.1 Å². The van der Waals surface area contributed by atoms with Crippen molar-refractivity contribution >= 4 is 11.6 Å². The first-order valence-electron chi connectivity index (χ1n) is 4.25. The lowest BCUT2D eigenvalue weighted by Crippen LogP contribution is -2.14. The van der Waals surface area contributed by atoms with Crippen LogP contribution in [0.2, 0.25) is 0 Å². The largest absolute Gasteiger partial charge is 0.493 e. The maximum Gasteiger partial charge on any atom is 0.269 e. The quantitative estimate of drug-likeness (QED) is 0.575. The summed E-state index contributed by atoms with van der Waals surface area (Å²) >= 11 is 0. The van der Waals surface area contributed by atoms with Gasteiger partial charge in [-0.3, -0.25) is 14.9 Å². The second-order valence-electron chi connectivity index (χ2n) is 2.82. The van der Waals surface area contributed by atoms with Crippen LogP contribution in [0, 0.1) is 10.1 Å². The Kier molecular flexibility index (Phi) is 3.61. The van der Waals surface area contributed by atoms with Crippen LogP contribution in [0.3, 0.4) is 0 Å². The van der Waals surface area contributed by atoms with E-state index in [0.29, 0.717) is 5.75 Å². The van der Waals surface area contributed by atoms with Gasteiger partial charge in [0.15, 0.2) is 0 Å². The number of carbonyl (C=O) groups is 1. The van der Waals surface area contributed by atoms with Crippen molar-refractivity contribution in [1.29, 1.82) is 0 Å². The van der Waals surface area contributed by atoms with Gasteiger partial charge in [0.2, 0.25) is 5.91 Å². The number of benzene rings is 1. The van der Waals surface area contributed by atoms with Gasteiger partial charge in [-0.2, -0.15) is 0 Å². The molecule has 0 saturated carbocycles. The Morgan fingerprint density at radius 3 is 2.47 bits per heavy atom. The summed E-state index contributed by atoms with van der Waals surface area (Å²) in [6.07, 6.45) is 0.122. The van der Waals surface area contributed by atoms with Crippen molar-refractivity contribution in [2.24, 2.45) is 5.73 Å². The molecule has 0 aliphatic heterocycles. The summed E-state index contributed by atoms with van der Waals surface area (Å²) in [5, 5.41) is 10.3. The highest BCUT2D eigenvalue weighted by Crippen LogP contribution is 2.17. The Hall–Kier alpha value is -2.11. The number of non-ortho nitro benzene ring substituents is 1. The monoisotopic (exact) mass is 210 g/mol.